The van der Waals surface area contributed by atoms with Gasteiger partial charge in [0.05, 0.1) is 35.1 Å². The predicted molar refractivity (Wildman–Crippen MR) is 148 cm³/mol. The third-order valence-corrected chi connectivity index (χ3v) is 7.12. The van der Waals surface area contributed by atoms with Crippen LogP contribution < -0.4 is 24.4 Å². The Morgan fingerprint density at radius 2 is 1.84 bits per heavy atom. The topological polar surface area (TPSA) is 79.1 Å². The second-order valence-corrected chi connectivity index (χ2v) is 11.1. The molecule has 0 saturated heterocycles. The van der Waals surface area contributed by atoms with Gasteiger partial charge < -0.3 is 14.2 Å². The Kier molecular flexibility index (Phi) is 8.04. The van der Waals surface area contributed by atoms with Crippen LogP contribution in [0.1, 0.15) is 51.8 Å². The van der Waals surface area contributed by atoms with Crippen molar-refractivity contribution in [2.45, 2.75) is 52.9 Å². The molecule has 0 radical (unpaired) electrons. The monoisotopic (exact) mass is 584 g/mol. The number of fused-ring (bicyclic) bond motifs is 1. The molecule has 0 fully saturated rings. The van der Waals surface area contributed by atoms with Crippen LogP contribution in [0.25, 0.3) is 6.08 Å². The summed E-state index contributed by atoms with van der Waals surface area (Å²) in [6.45, 7) is 9.24. The normalized spacial score (nSPS) is 15.6. The number of para-hydroxylation sites is 1. The summed E-state index contributed by atoms with van der Waals surface area (Å²) in [6.07, 6.45) is 1.46. The summed E-state index contributed by atoms with van der Waals surface area (Å²) in [7, 11) is 1.56. The van der Waals surface area contributed by atoms with Crippen molar-refractivity contribution in [1.29, 1.82) is 0 Å². The number of halogens is 1. The molecule has 37 heavy (non-hydrogen) atoms. The molecule has 0 saturated carbocycles. The average molecular weight is 586 g/mol. The van der Waals surface area contributed by atoms with E-state index in [-0.39, 0.29) is 17.8 Å². The number of aromatic nitrogens is 1. The van der Waals surface area contributed by atoms with Gasteiger partial charge in [0, 0.05) is 15.6 Å². The van der Waals surface area contributed by atoms with E-state index in [1.54, 1.807) is 38.5 Å². The number of ether oxygens (including phenoxy) is 3. The maximum Gasteiger partial charge on any atom is 0.338 e. The van der Waals surface area contributed by atoms with Gasteiger partial charge in [-0.25, -0.2) is 9.79 Å². The Bertz CT molecular complexity index is 1550. The SMILES string of the molecule is COc1ccc(Br)cc1[C@@H]1C(C(=O)OC(C)C)=C(C)N=c2s/c(=C\c3ccccc3OC(C)C)c(=O)n21. The zero-order chi connectivity index (χ0) is 26.9. The summed E-state index contributed by atoms with van der Waals surface area (Å²) in [5, 5.41) is 0. The van der Waals surface area contributed by atoms with E-state index in [1.807, 2.05) is 56.3 Å². The fourth-order valence-corrected chi connectivity index (χ4v) is 5.59. The van der Waals surface area contributed by atoms with Gasteiger partial charge in [0.25, 0.3) is 5.56 Å². The first-order chi connectivity index (χ1) is 17.6. The van der Waals surface area contributed by atoms with Gasteiger partial charge in [-0.3, -0.25) is 9.36 Å². The van der Waals surface area contributed by atoms with Crippen molar-refractivity contribution in [2.24, 2.45) is 4.99 Å². The van der Waals surface area contributed by atoms with Crippen LogP contribution >= 0.6 is 27.3 Å². The van der Waals surface area contributed by atoms with Gasteiger partial charge in [0.15, 0.2) is 4.80 Å². The van der Waals surface area contributed by atoms with Crippen molar-refractivity contribution in [3.8, 4) is 11.5 Å². The highest BCUT2D eigenvalue weighted by Crippen LogP contribution is 2.37. The van der Waals surface area contributed by atoms with Crippen LogP contribution in [0, 0.1) is 0 Å². The van der Waals surface area contributed by atoms with Gasteiger partial charge in [-0.15, -0.1) is 0 Å². The summed E-state index contributed by atoms with van der Waals surface area (Å²) >= 11 is 4.79. The lowest BCUT2D eigenvalue weighted by Gasteiger charge is -2.26. The van der Waals surface area contributed by atoms with Crippen LogP contribution in [0.15, 0.2) is 68.0 Å². The van der Waals surface area contributed by atoms with Gasteiger partial charge in [0.2, 0.25) is 0 Å². The Hall–Kier alpha value is -3.17. The summed E-state index contributed by atoms with van der Waals surface area (Å²) in [5.74, 6) is 0.710. The van der Waals surface area contributed by atoms with Crippen LogP contribution in [0.2, 0.25) is 0 Å². The summed E-state index contributed by atoms with van der Waals surface area (Å²) in [5.41, 5.74) is 1.96. The molecule has 1 aliphatic heterocycles. The van der Waals surface area contributed by atoms with E-state index in [2.05, 4.69) is 20.9 Å². The fraction of sp³-hybridized carbons (Fsp3) is 0.321. The van der Waals surface area contributed by atoms with Crippen molar-refractivity contribution in [1.82, 2.24) is 4.57 Å². The largest absolute Gasteiger partial charge is 0.496 e. The highest BCUT2D eigenvalue weighted by atomic mass is 79.9. The number of thiazole rings is 1. The van der Waals surface area contributed by atoms with Crippen LogP contribution in [0.4, 0.5) is 0 Å². The first-order valence-corrected chi connectivity index (χ1v) is 13.5. The standard InChI is InChI=1S/C28H29BrN2O5S/c1-15(2)35-21-10-8-7-9-18(21)13-23-26(32)31-25(20-14-19(29)11-12-22(20)34-6)24(27(33)36-16(3)4)17(5)30-28(31)37-23/h7-16,25H,1-6H3/b23-13-/t25-/m1/s1. The third kappa shape index (κ3) is 5.57. The van der Waals surface area contributed by atoms with Crippen molar-refractivity contribution >= 4 is 39.3 Å². The minimum atomic E-state index is -0.778. The second-order valence-electron chi connectivity index (χ2n) is 9.13. The van der Waals surface area contributed by atoms with Crippen LogP contribution in [-0.4, -0.2) is 29.9 Å². The molecule has 2 heterocycles. The number of nitrogens with zero attached hydrogens (tertiary/aromatic N) is 2. The number of rotatable bonds is 7. The highest BCUT2D eigenvalue weighted by molar-refractivity contribution is 9.10. The van der Waals surface area contributed by atoms with E-state index in [4.69, 9.17) is 14.2 Å². The third-order valence-electron chi connectivity index (χ3n) is 5.64. The van der Waals surface area contributed by atoms with Crippen molar-refractivity contribution in [3.05, 3.63) is 89.0 Å². The molecule has 3 aromatic rings. The quantitative estimate of drug-likeness (QED) is 0.375. The number of benzene rings is 2. The van der Waals surface area contributed by atoms with E-state index in [0.29, 0.717) is 37.7 Å². The predicted octanol–water partition coefficient (Wildman–Crippen LogP) is 4.75. The number of hydrogen-bond acceptors (Lipinski definition) is 7. The Morgan fingerprint density at radius 3 is 2.51 bits per heavy atom. The van der Waals surface area contributed by atoms with Gasteiger partial charge in [-0.1, -0.05) is 45.5 Å². The Labute approximate surface area is 227 Å². The lowest BCUT2D eigenvalue weighted by Crippen LogP contribution is -2.40. The molecular weight excluding hydrogens is 556 g/mol. The number of allylic oxidation sites excluding steroid dienone is 1. The van der Waals surface area contributed by atoms with E-state index >= 15 is 0 Å². The molecular formula is C28H29BrN2O5S. The van der Waals surface area contributed by atoms with Crippen LogP contribution in [0.3, 0.4) is 0 Å². The molecule has 0 spiro atoms. The maximum atomic E-state index is 13.9. The number of hydrogen-bond donors (Lipinski definition) is 0. The van der Waals surface area contributed by atoms with E-state index in [0.717, 1.165) is 10.0 Å². The summed E-state index contributed by atoms with van der Waals surface area (Å²) < 4.78 is 20.0. The molecule has 0 unspecified atom stereocenters. The molecule has 0 aliphatic carbocycles. The molecule has 1 aromatic heterocycles. The van der Waals surface area contributed by atoms with Gasteiger partial charge >= 0.3 is 5.97 Å². The molecule has 0 amide bonds. The molecule has 1 atom stereocenters. The maximum absolute atomic E-state index is 13.9. The van der Waals surface area contributed by atoms with Crippen molar-refractivity contribution in [2.75, 3.05) is 7.11 Å². The second kappa shape index (κ2) is 11.1. The molecule has 194 valence electrons. The zero-order valence-electron chi connectivity index (χ0n) is 21.6. The Balaban J connectivity index is 1.99. The highest BCUT2D eigenvalue weighted by Gasteiger charge is 2.35. The molecule has 9 heteroatoms. The van der Waals surface area contributed by atoms with Gasteiger partial charge in [0.1, 0.15) is 17.5 Å². The molecule has 4 rings (SSSR count). The first kappa shape index (κ1) is 26.9. The minimum Gasteiger partial charge on any atom is -0.496 e. The lowest BCUT2D eigenvalue weighted by atomic mass is 9.95. The van der Waals surface area contributed by atoms with Gasteiger partial charge in [-0.2, -0.15) is 0 Å². The molecule has 1 aliphatic rings. The van der Waals surface area contributed by atoms with Crippen molar-refractivity contribution in [3.63, 3.8) is 0 Å². The average Bonchev–Trinajstić information content (AvgIpc) is 3.13. The van der Waals surface area contributed by atoms with E-state index < -0.39 is 12.0 Å². The summed E-state index contributed by atoms with van der Waals surface area (Å²) in [6, 6.07) is 12.3. The fourth-order valence-electron chi connectivity index (χ4n) is 4.18. The number of carbonyl (C=O) groups excluding carboxylic acids is 1. The lowest BCUT2D eigenvalue weighted by molar-refractivity contribution is -0.143. The zero-order valence-corrected chi connectivity index (χ0v) is 24.0. The van der Waals surface area contributed by atoms with Crippen LogP contribution in [0.5, 0.6) is 11.5 Å². The molecule has 0 bridgehead atoms. The van der Waals surface area contributed by atoms with Crippen molar-refractivity contribution < 1.29 is 19.0 Å². The number of methoxy groups -OCH3 is 1. The molecule has 7 nitrogen and oxygen atoms in total. The van der Waals surface area contributed by atoms with Gasteiger partial charge in [-0.05, 0) is 65.0 Å². The molecule has 0 N–H and O–H groups in total. The van der Waals surface area contributed by atoms with E-state index in [9.17, 15) is 9.59 Å². The molecule has 2 aromatic carbocycles. The van der Waals surface area contributed by atoms with Crippen LogP contribution in [-0.2, 0) is 9.53 Å². The number of carbonyl (C=O) groups is 1. The van der Waals surface area contributed by atoms with E-state index in [1.165, 1.54) is 11.3 Å². The summed E-state index contributed by atoms with van der Waals surface area (Å²) in [4.78, 5) is 32.4. The smallest absolute Gasteiger partial charge is 0.338 e. The number of esters is 1. The Morgan fingerprint density at radius 1 is 1.11 bits per heavy atom. The minimum absolute atomic E-state index is 0.0167. The first-order valence-electron chi connectivity index (χ1n) is 11.9.